The SMILES string of the molecule is O=C(NC1COC(=O)C(NC(=O)c2cc(Br)cc(O)c2O)COC(=O)C(NC(=O)c2cc(Br)cc(O)c2O)COC1=O)c1cccc(O)c1O. The summed E-state index contributed by atoms with van der Waals surface area (Å²) in [6.07, 6.45) is 0. The molecule has 18 nitrogen and oxygen atoms in total. The van der Waals surface area contributed by atoms with Gasteiger partial charge in [-0.05, 0) is 36.4 Å². The Morgan fingerprint density at radius 1 is 0.540 bits per heavy atom. The number of phenols is 6. The number of halogens is 2. The number of amides is 3. The Morgan fingerprint density at radius 3 is 1.26 bits per heavy atom. The van der Waals surface area contributed by atoms with Crippen LogP contribution >= 0.6 is 31.9 Å². The van der Waals surface area contributed by atoms with Crippen LogP contribution in [0.5, 0.6) is 34.5 Å². The summed E-state index contributed by atoms with van der Waals surface area (Å²) in [5.74, 6) is -12.1. The molecule has 264 valence electrons. The lowest BCUT2D eigenvalue weighted by atomic mass is 10.1. The number of cyclic esters (lactones) is 3. The molecule has 0 saturated carbocycles. The first kappa shape index (κ1) is 37.1. The maximum atomic E-state index is 13.2. The third-order valence-corrected chi connectivity index (χ3v) is 7.72. The van der Waals surface area contributed by atoms with E-state index >= 15 is 0 Å². The van der Waals surface area contributed by atoms with Gasteiger partial charge in [-0.15, -0.1) is 0 Å². The zero-order valence-corrected chi connectivity index (χ0v) is 28.2. The quantitative estimate of drug-likeness (QED) is 0.0943. The summed E-state index contributed by atoms with van der Waals surface area (Å²) in [6.45, 7) is -2.90. The minimum atomic E-state index is -1.86. The molecule has 0 spiro atoms. The first-order valence-corrected chi connectivity index (χ1v) is 15.5. The molecule has 1 aliphatic rings. The van der Waals surface area contributed by atoms with E-state index in [9.17, 15) is 59.4 Å². The van der Waals surface area contributed by atoms with E-state index in [0.29, 0.717) is 0 Å². The number of benzene rings is 3. The fraction of sp³-hybridized carbons (Fsp3) is 0.200. The Hall–Kier alpha value is -5.76. The van der Waals surface area contributed by atoms with Crippen LogP contribution in [-0.2, 0) is 28.6 Å². The van der Waals surface area contributed by atoms with Crippen molar-refractivity contribution in [3.8, 4) is 34.5 Å². The van der Waals surface area contributed by atoms with Crippen LogP contribution in [0.4, 0.5) is 0 Å². The van der Waals surface area contributed by atoms with Crippen molar-refractivity contribution in [2.75, 3.05) is 19.8 Å². The summed E-state index contributed by atoms with van der Waals surface area (Å²) in [5.41, 5.74) is -1.55. The van der Waals surface area contributed by atoms with Crippen molar-refractivity contribution in [2.45, 2.75) is 18.1 Å². The van der Waals surface area contributed by atoms with Crippen molar-refractivity contribution in [1.82, 2.24) is 16.0 Å². The van der Waals surface area contributed by atoms with Gasteiger partial charge < -0.3 is 60.8 Å². The van der Waals surface area contributed by atoms with E-state index in [2.05, 4.69) is 47.8 Å². The van der Waals surface area contributed by atoms with Crippen LogP contribution in [0.15, 0.2) is 51.4 Å². The van der Waals surface area contributed by atoms with Gasteiger partial charge in [0.2, 0.25) is 0 Å². The van der Waals surface area contributed by atoms with E-state index in [1.165, 1.54) is 6.07 Å². The maximum absolute atomic E-state index is 13.2. The number of phenolic OH excluding ortho intramolecular Hbond substituents is 6. The van der Waals surface area contributed by atoms with Gasteiger partial charge >= 0.3 is 17.9 Å². The van der Waals surface area contributed by atoms with Crippen molar-refractivity contribution in [3.63, 3.8) is 0 Å². The van der Waals surface area contributed by atoms with E-state index in [1.54, 1.807) is 0 Å². The summed E-state index contributed by atoms with van der Waals surface area (Å²) < 4.78 is 15.7. The topological polar surface area (TPSA) is 288 Å². The monoisotopic (exact) mass is 825 g/mol. The Bertz CT molecular complexity index is 1820. The van der Waals surface area contributed by atoms with Gasteiger partial charge in [0.15, 0.2) is 52.6 Å². The molecule has 4 rings (SSSR count). The summed E-state index contributed by atoms with van der Waals surface area (Å²) in [6, 6.07) is 2.13. The molecule has 9 N–H and O–H groups in total. The highest BCUT2D eigenvalue weighted by Crippen LogP contribution is 2.34. The van der Waals surface area contributed by atoms with E-state index in [1.807, 2.05) is 0 Å². The molecular formula is C30H25Br2N3O15. The van der Waals surface area contributed by atoms with Crippen LogP contribution in [0, 0.1) is 0 Å². The second kappa shape index (κ2) is 15.6. The van der Waals surface area contributed by atoms with Gasteiger partial charge in [-0.1, -0.05) is 37.9 Å². The summed E-state index contributed by atoms with van der Waals surface area (Å²) >= 11 is 6.09. The van der Waals surface area contributed by atoms with Crippen molar-refractivity contribution >= 4 is 67.5 Å². The van der Waals surface area contributed by atoms with Crippen LogP contribution in [0.25, 0.3) is 0 Å². The third kappa shape index (κ3) is 8.63. The van der Waals surface area contributed by atoms with Crippen LogP contribution in [0.1, 0.15) is 31.1 Å². The molecule has 3 atom stereocenters. The average molecular weight is 827 g/mol. The number of para-hydroxylation sites is 1. The standard InChI is InChI=1S/C30H25Br2N3O15/c31-11-4-14(23(40)20(37)6-11)26(43)34-17-9-49-28(45)16(33-25(42)13-2-1-3-19(36)22(13)39)8-48-29(46)18(10-50-30(17)47)35-27(44)15-5-12(32)7-21(38)24(15)41/h1-7,16-18,36-41H,8-10H2,(H,33,42)(H,34,43)(H,35,44). The van der Waals surface area contributed by atoms with Crippen LogP contribution in [0.3, 0.4) is 0 Å². The number of aromatic hydroxyl groups is 6. The van der Waals surface area contributed by atoms with Crippen LogP contribution < -0.4 is 16.0 Å². The average Bonchev–Trinajstić information content (AvgIpc) is 3.06. The third-order valence-electron chi connectivity index (χ3n) is 6.80. The first-order valence-electron chi connectivity index (χ1n) is 13.9. The Kier molecular flexibility index (Phi) is 11.6. The van der Waals surface area contributed by atoms with Crippen molar-refractivity contribution in [2.24, 2.45) is 0 Å². The van der Waals surface area contributed by atoms with Gasteiger partial charge in [-0.25, -0.2) is 14.4 Å². The summed E-state index contributed by atoms with van der Waals surface area (Å²) in [5, 5.41) is 66.5. The molecule has 1 fully saturated rings. The van der Waals surface area contributed by atoms with Crippen molar-refractivity contribution in [3.05, 3.63) is 68.1 Å². The van der Waals surface area contributed by atoms with Gasteiger partial charge in [0, 0.05) is 8.95 Å². The lowest BCUT2D eigenvalue weighted by Crippen LogP contribution is -2.52. The first-order chi connectivity index (χ1) is 23.6. The number of carbonyl (C=O) groups excluding carboxylic acids is 6. The van der Waals surface area contributed by atoms with Gasteiger partial charge in [-0.2, -0.15) is 0 Å². The van der Waals surface area contributed by atoms with Gasteiger partial charge in [0.05, 0.1) is 16.7 Å². The largest absolute Gasteiger partial charge is 0.504 e. The van der Waals surface area contributed by atoms with E-state index < -0.39 is 125 Å². The molecule has 3 unspecified atom stereocenters. The van der Waals surface area contributed by atoms with E-state index in [-0.39, 0.29) is 8.95 Å². The van der Waals surface area contributed by atoms with E-state index in [0.717, 1.165) is 36.4 Å². The van der Waals surface area contributed by atoms with Gasteiger partial charge in [0.25, 0.3) is 17.7 Å². The fourth-order valence-electron chi connectivity index (χ4n) is 4.24. The van der Waals surface area contributed by atoms with Crippen molar-refractivity contribution < 1.29 is 73.6 Å². The lowest BCUT2D eigenvalue weighted by Gasteiger charge is -2.25. The molecular weight excluding hydrogens is 802 g/mol. The highest BCUT2D eigenvalue weighted by molar-refractivity contribution is 9.10. The molecule has 3 aromatic rings. The summed E-state index contributed by atoms with van der Waals surface area (Å²) in [4.78, 5) is 78.5. The molecule has 0 bridgehead atoms. The molecule has 0 aliphatic carbocycles. The highest BCUT2D eigenvalue weighted by atomic mass is 79.9. The zero-order valence-electron chi connectivity index (χ0n) is 25.0. The normalized spacial score (nSPS) is 18.3. The number of ether oxygens (including phenoxy) is 3. The number of esters is 3. The molecule has 1 heterocycles. The Labute approximate surface area is 296 Å². The molecule has 0 aromatic heterocycles. The van der Waals surface area contributed by atoms with E-state index in [4.69, 9.17) is 14.2 Å². The number of hydrogen-bond donors (Lipinski definition) is 9. The Balaban J connectivity index is 1.65. The summed E-state index contributed by atoms with van der Waals surface area (Å²) in [7, 11) is 0. The smallest absolute Gasteiger partial charge is 0.332 e. The molecule has 0 radical (unpaired) electrons. The lowest BCUT2D eigenvalue weighted by molar-refractivity contribution is -0.160. The molecule has 20 heteroatoms. The maximum Gasteiger partial charge on any atom is 0.332 e. The molecule has 3 aromatic carbocycles. The second-order valence-electron chi connectivity index (χ2n) is 10.3. The molecule has 1 aliphatic heterocycles. The Morgan fingerprint density at radius 2 is 0.880 bits per heavy atom. The molecule has 50 heavy (non-hydrogen) atoms. The number of carbonyl (C=O) groups is 6. The molecule has 1 saturated heterocycles. The number of rotatable bonds is 6. The minimum Gasteiger partial charge on any atom is -0.504 e. The second-order valence-corrected chi connectivity index (χ2v) is 12.1. The minimum absolute atomic E-state index is 0.156. The van der Waals surface area contributed by atoms with Gasteiger partial charge in [-0.3, -0.25) is 14.4 Å². The van der Waals surface area contributed by atoms with Crippen molar-refractivity contribution in [1.29, 1.82) is 0 Å². The zero-order chi connectivity index (χ0) is 36.9. The van der Waals surface area contributed by atoms with Crippen LogP contribution in [-0.4, -0.2) is 104 Å². The number of nitrogens with one attached hydrogen (secondary N) is 3. The predicted octanol–water partition coefficient (Wildman–Crippen LogP) is 0.784. The predicted molar refractivity (Wildman–Crippen MR) is 171 cm³/mol. The highest BCUT2D eigenvalue weighted by Gasteiger charge is 2.35. The fourth-order valence-corrected chi connectivity index (χ4v) is 5.13. The van der Waals surface area contributed by atoms with Gasteiger partial charge in [0.1, 0.15) is 19.8 Å². The van der Waals surface area contributed by atoms with Crippen LogP contribution in [0.2, 0.25) is 0 Å². The molecule has 3 amide bonds. The number of hydrogen-bond acceptors (Lipinski definition) is 15.